The molecule has 0 atom stereocenters. The van der Waals surface area contributed by atoms with Crippen LogP contribution in [-0.4, -0.2) is 51.5 Å². The minimum absolute atomic E-state index is 0.605. The van der Waals surface area contributed by atoms with Crippen LogP contribution in [0.2, 0.25) is 0 Å². The summed E-state index contributed by atoms with van der Waals surface area (Å²) in [6.07, 6.45) is 0. The molecule has 0 unspecified atom stereocenters. The van der Waals surface area contributed by atoms with Crippen molar-refractivity contribution in [3.63, 3.8) is 0 Å². The van der Waals surface area contributed by atoms with Gasteiger partial charge < -0.3 is 14.2 Å². The van der Waals surface area contributed by atoms with E-state index in [4.69, 9.17) is 14.2 Å². The standard InChI is InChI=1S/C15H23NO3/c1-13-3-4-14(15(11-13)17-2)12-19-10-7-16-5-8-18-9-6-16/h3-4,11H,5-10,12H2,1-2H3. The van der Waals surface area contributed by atoms with E-state index in [0.29, 0.717) is 6.61 Å². The van der Waals surface area contributed by atoms with Gasteiger partial charge in [0.25, 0.3) is 0 Å². The molecular weight excluding hydrogens is 242 g/mol. The molecule has 0 bridgehead atoms. The average Bonchev–Trinajstić information content (AvgIpc) is 2.46. The Morgan fingerprint density at radius 3 is 2.79 bits per heavy atom. The van der Waals surface area contributed by atoms with Crippen molar-refractivity contribution in [2.45, 2.75) is 13.5 Å². The second-order valence-electron chi connectivity index (χ2n) is 4.82. The Morgan fingerprint density at radius 1 is 1.26 bits per heavy atom. The van der Waals surface area contributed by atoms with Crippen molar-refractivity contribution in [2.24, 2.45) is 0 Å². The molecule has 1 heterocycles. The summed E-state index contributed by atoms with van der Waals surface area (Å²) in [5, 5.41) is 0. The van der Waals surface area contributed by atoms with Crippen LogP contribution in [-0.2, 0) is 16.1 Å². The molecule has 0 saturated carbocycles. The van der Waals surface area contributed by atoms with Gasteiger partial charge in [0.1, 0.15) is 5.75 Å². The Balaban J connectivity index is 1.73. The lowest BCUT2D eigenvalue weighted by molar-refractivity contribution is 0.0178. The van der Waals surface area contributed by atoms with E-state index < -0.39 is 0 Å². The Bertz CT molecular complexity index is 389. The summed E-state index contributed by atoms with van der Waals surface area (Å²) in [7, 11) is 1.70. The van der Waals surface area contributed by atoms with E-state index in [0.717, 1.165) is 50.8 Å². The zero-order valence-corrected chi connectivity index (χ0v) is 11.9. The van der Waals surface area contributed by atoms with E-state index in [2.05, 4.69) is 24.0 Å². The van der Waals surface area contributed by atoms with Crippen molar-refractivity contribution < 1.29 is 14.2 Å². The topological polar surface area (TPSA) is 30.9 Å². The average molecular weight is 265 g/mol. The normalized spacial score (nSPS) is 16.5. The lowest BCUT2D eigenvalue weighted by Crippen LogP contribution is -2.38. The van der Waals surface area contributed by atoms with Crippen LogP contribution >= 0.6 is 0 Å². The van der Waals surface area contributed by atoms with Gasteiger partial charge >= 0.3 is 0 Å². The Labute approximate surface area is 115 Å². The van der Waals surface area contributed by atoms with Gasteiger partial charge in [-0.05, 0) is 18.6 Å². The number of benzene rings is 1. The maximum Gasteiger partial charge on any atom is 0.124 e. The zero-order valence-electron chi connectivity index (χ0n) is 11.9. The third-order valence-corrected chi connectivity index (χ3v) is 3.36. The number of methoxy groups -OCH3 is 1. The predicted molar refractivity (Wildman–Crippen MR) is 74.6 cm³/mol. The minimum Gasteiger partial charge on any atom is -0.496 e. The van der Waals surface area contributed by atoms with Crippen LogP contribution in [0.4, 0.5) is 0 Å². The molecule has 106 valence electrons. The first-order chi connectivity index (χ1) is 9.29. The van der Waals surface area contributed by atoms with E-state index in [9.17, 15) is 0 Å². The fourth-order valence-corrected chi connectivity index (χ4v) is 2.17. The highest BCUT2D eigenvalue weighted by atomic mass is 16.5. The molecule has 4 heteroatoms. The summed E-state index contributed by atoms with van der Waals surface area (Å²) in [5.41, 5.74) is 2.31. The fourth-order valence-electron chi connectivity index (χ4n) is 2.17. The van der Waals surface area contributed by atoms with Gasteiger partial charge in [-0.2, -0.15) is 0 Å². The summed E-state index contributed by atoms with van der Waals surface area (Å²) in [5.74, 6) is 0.909. The van der Waals surface area contributed by atoms with Crippen LogP contribution < -0.4 is 4.74 Å². The molecule has 0 spiro atoms. The molecule has 0 amide bonds. The molecule has 0 aromatic heterocycles. The highest BCUT2D eigenvalue weighted by Gasteiger charge is 2.09. The number of hydrogen-bond donors (Lipinski definition) is 0. The molecule has 1 aliphatic rings. The van der Waals surface area contributed by atoms with Crippen LogP contribution in [0.1, 0.15) is 11.1 Å². The number of nitrogens with zero attached hydrogens (tertiary/aromatic N) is 1. The molecular formula is C15H23NO3. The maximum absolute atomic E-state index is 5.74. The van der Waals surface area contributed by atoms with Crippen molar-refractivity contribution in [3.05, 3.63) is 29.3 Å². The number of aryl methyl sites for hydroxylation is 1. The monoisotopic (exact) mass is 265 g/mol. The van der Waals surface area contributed by atoms with Gasteiger partial charge in [0, 0.05) is 25.2 Å². The second kappa shape index (κ2) is 7.48. The van der Waals surface area contributed by atoms with E-state index in [-0.39, 0.29) is 0 Å². The van der Waals surface area contributed by atoms with Crippen LogP contribution in [0.25, 0.3) is 0 Å². The first-order valence-corrected chi connectivity index (χ1v) is 6.81. The van der Waals surface area contributed by atoms with Crippen LogP contribution in [0.5, 0.6) is 5.75 Å². The van der Waals surface area contributed by atoms with Gasteiger partial charge in [-0.15, -0.1) is 0 Å². The molecule has 0 aliphatic carbocycles. The molecule has 1 saturated heterocycles. The molecule has 4 nitrogen and oxygen atoms in total. The van der Waals surface area contributed by atoms with Gasteiger partial charge in [0.05, 0.1) is 33.5 Å². The first-order valence-electron chi connectivity index (χ1n) is 6.81. The lowest BCUT2D eigenvalue weighted by atomic mass is 10.1. The number of hydrogen-bond acceptors (Lipinski definition) is 4. The number of rotatable bonds is 6. The van der Waals surface area contributed by atoms with Crippen molar-refractivity contribution in [3.8, 4) is 5.75 Å². The third-order valence-electron chi connectivity index (χ3n) is 3.36. The first kappa shape index (κ1) is 14.3. The van der Waals surface area contributed by atoms with E-state index in [1.54, 1.807) is 7.11 Å². The smallest absolute Gasteiger partial charge is 0.124 e. The summed E-state index contributed by atoms with van der Waals surface area (Å²) < 4.78 is 16.4. The Hall–Kier alpha value is -1.10. The quantitative estimate of drug-likeness (QED) is 0.735. The summed E-state index contributed by atoms with van der Waals surface area (Å²) in [4.78, 5) is 2.37. The largest absolute Gasteiger partial charge is 0.496 e. The summed E-state index contributed by atoms with van der Waals surface area (Å²) in [6.45, 7) is 8.08. The molecule has 2 rings (SSSR count). The molecule has 1 aliphatic heterocycles. The lowest BCUT2D eigenvalue weighted by Gasteiger charge is -2.26. The van der Waals surface area contributed by atoms with Crippen LogP contribution in [0.3, 0.4) is 0 Å². The van der Waals surface area contributed by atoms with Gasteiger partial charge in [-0.25, -0.2) is 0 Å². The molecule has 0 radical (unpaired) electrons. The second-order valence-corrected chi connectivity index (χ2v) is 4.82. The zero-order chi connectivity index (χ0) is 13.5. The van der Waals surface area contributed by atoms with Gasteiger partial charge in [0.2, 0.25) is 0 Å². The number of morpholine rings is 1. The molecule has 19 heavy (non-hydrogen) atoms. The van der Waals surface area contributed by atoms with Crippen molar-refractivity contribution in [1.29, 1.82) is 0 Å². The highest BCUT2D eigenvalue weighted by Crippen LogP contribution is 2.20. The molecule has 1 aromatic rings. The fraction of sp³-hybridized carbons (Fsp3) is 0.600. The van der Waals surface area contributed by atoms with E-state index in [1.807, 2.05) is 6.07 Å². The van der Waals surface area contributed by atoms with E-state index >= 15 is 0 Å². The van der Waals surface area contributed by atoms with Crippen molar-refractivity contribution in [1.82, 2.24) is 4.90 Å². The van der Waals surface area contributed by atoms with Gasteiger partial charge in [-0.1, -0.05) is 12.1 Å². The van der Waals surface area contributed by atoms with Gasteiger partial charge in [0.15, 0.2) is 0 Å². The van der Waals surface area contributed by atoms with Crippen molar-refractivity contribution >= 4 is 0 Å². The molecule has 1 aromatic carbocycles. The highest BCUT2D eigenvalue weighted by molar-refractivity contribution is 5.36. The summed E-state index contributed by atoms with van der Waals surface area (Å²) >= 11 is 0. The SMILES string of the molecule is COc1cc(C)ccc1COCCN1CCOCC1. The third kappa shape index (κ3) is 4.49. The van der Waals surface area contributed by atoms with Crippen molar-refractivity contribution in [2.75, 3.05) is 46.6 Å². The Kier molecular flexibility index (Phi) is 5.63. The van der Waals surface area contributed by atoms with Gasteiger partial charge in [-0.3, -0.25) is 4.90 Å². The van der Waals surface area contributed by atoms with Crippen LogP contribution in [0.15, 0.2) is 18.2 Å². The van der Waals surface area contributed by atoms with E-state index in [1.165, 1.54) is 5.56 Å². The molecule has 0 N–H and O–H groups in total. The van der Waals surface area contributed by atoms with Crippen LogP contribution in [0, 0.1) is 6.92 Å². The number of ether oxygens (including phenoxy) is 3. The maximum atomic E-state index is 5.74. The molecule has 1 fully saturated rings. The minimum atomic E-state index is 0.605. The Morgan fingerprint density at radius 2 is 2.05 bits per heavy atom. The summed E-state index contributed by atoms with van der Waals surface area (Å²) in [6, 6.07) is 6.20. The predicted octanol–water partition coefficient (Wildman–Crippen LogP) is 1.85.